The Morgan fingerprint density at radius 3 is 3.05 bits per heavy atom. The van der Waals surface area contributed by atoms with Crippen molar-refractivity contribution < 1.29 is 9.32 Å². The Balaban J connectivity index is 1.84. The summed E-state index contributed by atoms with van der Waals surface area (Å²) in [5.74, 6) is 1.11. The maximum Gasteiger partial charge on any atom is 0.277 e. The molecule has 0 unspecified atom stereocenters. The SMILES string of the molecule is Cc1cc(NC(=O)c2cc3ncc(CCCl)cn3n2)no1. The van der Waals surface area contributed by atoms with Crippen molar-refractivity contribution in [2.75, 3.05) is 11.2 Å². The monoisotopic (exact) mass is 305 g/mol. The van der Waals surface area contributed by atoms with Gasteiger partial charge < -0.3 is 9.84 Å². The molecule has 108 valence electrons. The molecule has 3 aromatic heterocycles. The average molecular weight is 306 g/mol. The molecule has 0 bridgehead atoms. The number of alkyl halides is 1. The first-order valence-electron chi connectivity index (χ1n) is 6.30. The number of aryl methyl sites for hydroxylation is 2. The summed E-state index contributed by atoms with van der Waals surface area (Å²) >= 11 is 5.70. The Kier molecular flexibility index (Phi) is 3.57. The van der Waals surface area contributed by atoms with Crippen molar-refractivity contribution in [2.45, 2.75) is 13.3 Å². The van der Waals surface area contributed by atoms with Crippen LogP contribution in [0, 0.1) is 6.92 Å². The molecule has 0 radical (unpaired) electrons. The zero-order valence-corrected chi connectivity index (χ0v) is 12.0. The molecule has 0 aliphatic rings. The zero-order chi connectivity index (χ0) is 14.8. The number of carbonyl (C=O) groups excluding carboxylic acids is 1. The number of amides is 1. The maximum absolute atomic E-state index is 12.1. The summed E-state index contributed by atoms with van der Waals surface area (Å²) in [6.45, 7) is 1.75. The Hall–Kier alpha value is -2.41. The lowest BCUT2D eigenvalue weighted by atomic mass is 10.3. The summed E-state index contributed by atoms with van der Waals surface area (Å²) in [6.07, 6.45) is 4.23. The Bertz CT molecular complexity index is 795. The first-order chi connectivity index (χ1) is 10.2. The largest absolute Gasteiger partial charge is 0.360 e. The average Bonchev–Trinajstić information content (AvgIpc) is 3.05. The third kappa shape index (κ3) is 2.87. The Morgan fingerprint density at radius 2 is 2.33 bits per heavy atom. The van der Waals surface area contributed by atoms with E-state index in [-0.39, 0.29) is 11.6 Å². The standard InChI is InChI=1S/C13H12ClN5O2/c1-8-4-11(18-21-8)16-13(20)10-5-12-15-6-9(2-3-14)7-19(12)17-10/h4-7H,2-3H2,1H3,(H,16,18,20). The van der Waals surface area contributed by atoms with Crippen LogP contribution in [0.4, 0.5) is 5.82 Å². The molecule has 0 fully saturated rings. The van der Waals surface area contributed by atoms with Gasteiger partial charge in [0.05, 0.1) is 0 Å². The number of carbonyl (C=O) groups is 1. The van der Waals surface area contributed by atoms with E-state index in [1.165, 1.54) is 0 Å². The number of hydrogen-bond donors (Lipinski definition) is 1. The molecular formula is C13H12ClN5O2. The molecule has 1 amide bonds. The molecule has 0 aliphatic heterocycles. The molecule has 0 spiro atoms. The molecule has 0 aliphatic carbocycles. The first-order valence-corrected chi connectivity index (χ1v) is 6.84. The van der Waals surface area contributed by atoms with E-state index in [0.29, 0.717) is 29.5 Å². The Labute approximate surface area is 124 Å². The van der Waals surface area contributed by atoms with Crippen molar-refractivity contribution in [3.8, 4) is 0 Å². The normalized spacial score (nSPS) is 11.0. The molecule has 7 nitrogen and oxygen atoms in total. The second-order valence-electron chi connectivity index (χ2n) is 4.51. The molecule has 0 aromatic carbocycles. The van der Waals surface area contributed by atoms with Crippen LogP contribution in [0.15, 0.2) is 29.0 Å². The summed E-state index contributed by atoms with van der Waals surface area (Å²) in [6, 6.07) is 3.23. The summed E-state index contributed by atoms with van der Waals surface area (Å²) in [5.41, 5.74) is 1.81. The lowest BCUT2D eigenvalue weighted by Crippen LogP contribution is -2.12. The number of rotatable bonds is 4. The van der Waals surface area contributed by atoms with Crippen LogP contribution in [-0.2, 0) is 6.42 Å². The fourth-order valence-corrected chi connectivity index (χ4v) is 2.09. The minimum Gasteiger partial charge on any atom is -0.360 e. The van der Waals surface area contributed by atoms with Gasteiger partial charge in [-0.15, -0.1) is 11.6 Å². The fourth-order valence-electron chi connectivity index (χ4n) is 1.87. The van der Waals surface area contributed by atoms with E-state index in [4.69, 9.17) is 16.1 Å². The van der Waals surface area contributed by atoms with Gasteiger partial charge in [-0.25, -0.2) is 9.50 Å². The van der Waals surface area contributed by atoms with Crippen LogP contribution in [0.25, 0.3) is 5.65 Å². The number of fused-ring (bicyclic) bond motifs is 1. The number of nitrogens with zero attached hydrogens (tertiary/aromatic N) is 4. The van der Waals surface area contributed by atoms with Crippen molar-refractivity contribution in [2.24, 2.45) is 0 Å². The molecule has 8 heteroatoms. The second-order valence-corrected chi connectivity index (χ2v) is 4.89. The van der Waals surface area contributed by atoms with E-state index in [2.05, 4.69) is 20.6 Å². The van der Waals surface area contributed by atoms with Gasteiger partial charge in [-0.1, -0.05) is 5.16 Å². The topological polar surface area (TPSA) is 85.3 Å². The number of nitrogens with one attached hydrogen (secondary N) is 1. The molecule has 21 heavy (non-hydrogen) atoms. The van der Waals surface area contributed by atoms with Gasteiger partial charge in [0.15, 0.2) is 17.2 Å². The predicted octanol–water partition coefficient (Wildman–Crippen LogP) is 2.06. The van der Waals surface area contributed by atoms with Crippen LogP contribution < -0.4 is 5.32 Å². The van der Waals surface area contributed by atoms with Gasteiger partial charge in [-0.2, -0.15) is 5.10 Å². The molecular weight excluding hydrogens is 294 g/mol. The molecule has 3 heterocycles. The van der Waals surface area contributed by atoms with Gasteiger partial charge in [-0.05, 0) is 18.9 Å². The molecule has 0 saturated heterocycles. The third-order valence-electron chi connectivity index (χ3n) is 2.85. The van der Waals surface area contributed by atoms with Crippen molar-refractivity contribution >= 4 is 29.0 Å². The highest BCUT2D eigenvalue weighted by atomic mass is 35.5. The minimum absolute atomic E-state index is 0.256. The fraction of sp³-hybridized carbons (Fsp3) is 0.231. The van der Waals surface area contributed by atoms with Crippen LogP contribution in [0.2, 0.25) is 0 Å². The summed E-state index contributed by atoms with van der Waals surface area (Å²) in [7, 11) is 0. The first kappa shape index (κ1) is 13.6. The third-order valence-corrected chi connectivity index (χ3v) is 3.04. The summed E-state index contributed by atoms with van der Waals surface area (Å²) < 4.78 is 6.45. The van der Waals surface area contributed by atoms with Crippen LogP contribution in [0.1, 0.15) is 21.8 Å². The smallest absolute Gasteiger partial charge is 0.277 e. The van der Waals surface area contributed by atoms with Crippen LogP contribution in [0.3, 0.4) is 0 Å². The van der Waals surface area contributed by atoms with Gasteiger partial charge in [0, 0.05) is 30.4 Å². The maximum atomic E-state index is 12.1. The summed E-state index contributed by atoms with van der Waals surface area (Å²) in [4.78, 5) is 16.3. The number of halogens is 1. The lowest BCUT2D eigenvalue weighted by molar-refractivity contribution is 0.102. The number of anilines is 1. The van der Waals surface area contributed by atoms with E-state index in [9.17, 15) is 4.79 Å². The second kappa shape index (κ2) is 5.53. The molecule has 3 rings (SSSR count). The van der Waals surface area contributed by atoms with Crippen molar-refractivity contribution in [1.29, 1.82) is 0 Å². The lowest BCUT2D eigenvalue weighted by Gasteiger charge is -1.97. The van der Waals surface area contributed by atoms with Gasteiger partial charge in [0.25, 0.3) is 5.91 Å². The van der Waals surface area contributed by atoms with Crippen molar-refractivity contribution in [3.05, 3.63) is 41.5 Å². The van der Waals surface area contributed by atoms with E-state index in [1.807, 2.05) is 6.20 Å². The van der Waals surface area contributed by atoms with Gasteiger partial charge in [-0.3, -0.25) is 4.79 Å². The van der Waals surface area contributed by atoms with E-state index in [1.54, 1.807) is 29.8 Å². The van der Waals surface area contributed by atoms with Crippen molar-refractivity contribution in [3.63, 3.8) is 0 Å². The van der Waals surface area contributed by atoms with Gasteiger partial charge >= 0.3 is 0 Å². The van der Waals surface area contributed by atoms with Crippen LogP contribution >= 0.6 is 11.6 Å². The number of aromatic nitrogens is 4. The highest BCUT2D eigenvalue weighted by Crippen LogP contribution is 2.11. The summed E-state index contributed by atoms with van der Waals surface area (Å²) in [5, 5.41) is 10.5. The van der Waals surface area contributed by atoms with E-state index < -0.39 is 0 Å². The quantitative estimate of drug-likeness (QED) is 0.746. The molecule has 1 N–H and O–H groups in total. The molecule has 3 aromatic rings. The predicted molar refractivity (Wildman–Crippen MR) is 76.6 cm³/mol. The highest BCUT2D eigenvalue weighted by Gasteiger charge is 2.13. The Morgan fingerprint density at radius 1 is 1.48 bits per heavy atom. The van der Waals surface area contributed by atoms with Gasteiger partial charge in [0.2, 0.25) is 0 Å². The minimum atomic E-state index is -0.368. The molecule has 0 saturated carbocycles. The van der Waals surface area contributed by atoms with Crippen LogP contribution in [0.5, 0.6) is 0 Å². The van der Waals surface area contributed by atoms with Crippen LogP contribution in [-0.4, -0.2) is 31.5 Å². The number of hydrogen-bond acceptors (Lipinski definition) is 5. The van der Waals surface area contributed by atoms with Gasteiger partial charge in [0.1, 0.15) is 5.76 Å². The zero-order valence-electron chi connectivity index (χ0n) is 11.2. The van der Waals surface area contributed by atoms with Crippen molar-refractivity contribution in [1.82, 2.24) is 19.8 Å². The van der Waals surface area contributed by atoms with E-state index in [0.717, 1.165) is 5.56 Å². The molecule has 0 atom stereocenters. The highest BCUT2D eigenvalue weighted by molar-refractivity contribution is 6.17. The van der Waals surface area contributed by atoms with E-state index >= 15 is 0 Å².